The number of halogens is 1. The van der Waals surface area contributed by atoms with Crippen LogP contribution in [-0.4, -0.2) is 13.7 Å². The van der Waals surface area contributed by atoms with E-state index in [4.69, 9.17) is 4.74 Å². The highest BCUT2D eigenvalue weighted by Crippen LogP contribution is 2.22. The van der Waals surface area contributed by atoms with Crippen molar-refractivity contribution in [2.24, 2.45) is 0 Å². The molecule has 0 bridgehead atoms. The van der Waals surface area contributed by atoms with Crippen LogP contribution >= 0.6 is 15.9 Å². The lowest BCUT2D eigenvalue weighted by atomic mass is 10.2. The summed E-state index contributed by atoms with van der Waals surface area (Å²) in [6.07, 6.45) is 0. The van der Waals surface area contributed by atoms with Crippen LogP contribution in [0.3, 0.4) is 0 Å². The third kappa shape index (κ3) is 3.94. The van der Waals surface area contributed by atoms with Gasteiger partial charge in [0.25, 0.3) is 0 Å². The van der Waals surface area contributed by atoms with Crippen LogP contribution in [0, 0.1) is 11.8 Å². The first-order valence-electron chi connectivity index (χ1n) is 4.70. The fourth-order valence-electron chi connectivity index (χ4n) is 1.23. The summed E-state index contributed by atoms with van der Waals surface area (Å²) in [6.45, 7) is 3.30. The van der Waals surface area contributed by atoms with Crippen LogP contribution < -0.4 is 10.1 Å². The highest BCUT2D eigenvalue weighted by molar-refractivity contribution is 9.10. The van der Waals surface area contributed by atoms with Crippen LogP contribution in [-0.2, 0) is 6.54 Å². The van der Waals surface area contributed by atoms with Crippen LogP contribution in [0.25, 0.3) is 0 Å². The minimum Gasteiger partial charge on any atom is -0.496 e. The average Bonchev–Trinajstić information content (AvgIpc) is 2.25. The molecule has 0 aromatic heterocycles. The van der Waals surface area contributed by atoms with Gasteiger partial charge in [0.2, 0.25) is 0 Å². The summed E-state index contributed by atoms with van der Waals surface area (Å²) in [5.41, 5.74) is 1.13. The van der Waals surface area contributed by atoms with Crippen molar-refractivity contribution in [1.29, 1.82) is 0 Å². The molecule has 0 unspecified atom stereocenters. The Morgan fingerprint density at radius 2 is 2.27 bits per heavy atom. The van der Waals surface area contributed by atoms with E-state index in [9.17, 15) is 0 Å². The van der Waals surface area contributed by atoms with Gasteiger partial charge in [0.05, 0.1) is 13.7 Å². The molecule has 0 radical (unpaired) electrons. The zero-order valence-corrected chi connectivity index (χ0v) is 10.5. The molecule has 0 heterocycles. The van der Waals surface area contributed by atoms with Gasteiger partial charge in [0.1, 0.15) is 5.75 Å². The topological polar surface area (TPSA) is 21.3 Å². The van der Waals surface area contributed by atoms with Gasteiger partial charge in [-0.25, -0.2) is 0 Å². The number of nitrogens with one attached hydrogen (secondary N) is 1. The molecule has 80 valence electrons. The molecule has 0 aliphatic carbocycles. The minimum atomic E-state index is 0.701. The van der Waals surface area contributed by atoms with Crippen LogP contribution in [0.1, 0.15) is 12.5 Å². The Balaban J connectivity index is 2.64. The summed E-state index contributed by atoms with van der Waals surface area (Å²) < 4.78 is 6.32. The molecule has 1 N–H and O–H groups in total. The Bertz CT molecular complexity index is 379. The fourth-order valence-corrected chi connectivity index (χ4v) is 1.64. The molecule has 0 fully saturated rings. The Labute approximate surface area is 99.2 Å². The first-order valence-corrected chi connectivity index (χ1v) is 5.50. The summed E-state index contributed by atoms with van der Waals surface area (Å²) in [6, 6.07) is 5.96. The van der Waals surface area contributed by atoms with Crippen LogP contribution in [0.2, 0.25) is 0 Å². The van der Waals surface area contributed by atoms with E-state index in [1.807, 2.05) is 25.1 Å². The number of rotatable bonds is 4. The van der Waals surface area contributed by atoms with Crippen molar-refractivity contribution in [2.45, 2.75) is 13.5 Å². The molecule has 0 saturated heterocycles. The standard InChI is InChI=1S/C12H14BrNO/c1-3-4-7-14-9-10-8-11(13)5-6-12(10)15-2/h5-6,8,14H,7,9H2,1-2H3. The van der Waals surface area contributed by atoms with Crippen molar-refractivity contribution >= 4 is 15.9 Å². The first-order chi connectivity index (χ1) is 7.27. The summed E-state index contributed by atoms with van der Waals surface area (Å²) in [4.78, 5) is 0. The van der Waals surface area contributed by atoms with E-state index in [0.29, 0.717) is 6.54 Å². The normalized spacial score (nSPS) is 9.27. The van der Waals surface area contributed by atoms with Crippen molar-refractivity contribution in [3.63, 3.8) is 0 Å². The Kier molecular flexibility index (Phi) is 5.23. The largest absolute Gasteiger partial charge is 0.496 e. The van der Waals surface area contributed by atoms with E-state index < -0.39 is 0 Å². The second kappa shape index (κ2) is 6.49. The van der Waals surface area contributed by atoms with Gasteiger partial charge in [-0.15, -0.1) is 5.92 Å². The van der Waals surface area contributed by atoms with E-state index in [2.05, 4.69) is 33.1 Å². The number of benzene rings is 1. The SMILES string of the molecule is CC#CCNCc1cc(Br)ccc1OC. The predicted molar refractivity (Wildman–Crippen MR) is 65.9 cm³/mol. The minimum absolute atomic E-state index is 0.701. The maximum Gasteiger partial charge on any atom is 0.123 e. The molecule has 1 rings (SSSR count). The van der Waals surface area contributed by atoms with Gasteiger partial charge in [0.15, 0.2) is 0 Å². The molecular formula is C12H14BrNO. The highest BCUT2D eigenvalue weighted by atomic mass is 79.9. The number of methoxy groups -OCH3 is 1. The molecule has 0 aliphatic heterocycles. The molecule has 1 aromatic rings. The Morgan fingerprint density at radius 3 is 2.93 bits per heavy atom. The van der Waals surface area contributed by atoms with Gasteiger partial charge in [-0.05, 0) is 25.1 Å². The quantitative estimate of drug-likeness (QED) is 0.669. The summed E-state index contributed by atoms with van der Waals surface area (Å²) >= 11 is 3.44. The molecule has 2 nitrogen and oxygen atoms in total. The third-order valence-electron chi connectivity index (χ3n) is 1.95. The summed E-state index contributed by atoms with van der Waals surface area (Å²) in [5.74, 6) is 6.70. The molecular weight excluding hydrogens is 254 g/mol. The van der Waals surface area contributed by atoms with Gasteiger partial charge in [0, 0.05) is 16.6 Å². The first kappa shape index (κ1) is 12.1. The lowest BCUT2D eigenvalue weighted by Gasteiger charge is -2.08. The van der Waals surface area contributed by atoms with E-state index in [-0.39, 0.29) is 0 Å². The molecule has 0 spiro atoms. The van der Waals surface area contributed by atoms with Gasteiger partial charge in [-0.2, -0.15) is 0 Å². The maximum atomic E-state index is 5.26. The molecule has 15 heavy (non-hydrogen) atoms. The molecule has 1 aromatic carbocycles. The van der Waals surface area contributed by atoms with Crippen molar-refractivity contribution in [3.8, 4) is 17.6 Å². The fraction of sp³-hybridized carbons (Fsp3) is 0.333. The van der Waals surface area contributed by atoms with Crippen molar-refractivity contribution in [1.82, 2.24) is 5.32 Å². The molecule has 0 atom stereocenters. The second-order valence-corrected chi connectivity index (χ2v) is 3.90. The number of ether oxygens (including phenoxy) is 1. The lowest BCUT2D eigenvalue weighted by molar-refractivity contribution is 0.408. The zero-order valence-electron chi connectivity index (χ0n) is 8.93. The van der Waals surface area contributed by atoms with E-state index >= 15 is 0 Å². The predicted octanol–water partition coefficient (Wildman–Crippen LogP) is 2.57. The van der Waals surface area contributed by atoms with Crippen molar-refractivity contribution in [3.05, 3.63) is 28.2 Å². The van der Waals surface area contributed by atoms with Gasteiger partial charge in [-0.3, -0.25) is 0 Å². The van der Waals surface area contributed by atoms with Crippen LogP contribution in [0.4, 0.5) is 0 Å². The number of hydrogen-bond acceptors (Lipinski definition) is 2. The van der Waals surface area contributed by atoms with E-state index in [0.717, 1.165) is 22.3 Å². The monoisotopic (exact) mass is 267 g/mol. The maximum absolute atomic E-state index is 5.26. The lowest BCUT2D eigenvalue weighted by Crippen LogP contribution is -2.13. The highest BCUT2D eigenvalue weighted by Gasteiger charge is 2.02. The van der Waals surface area contributed by atoms with Crippen molar-refractivity contribution < 1.29 is 4.74 Å². The van der Waals surface area contributed by atoms with Gasteiger partial charge < -0.3 is 10.1 Å². The second-order valence-electron chi connectivity index (χ2n) is 2.99. The third-order valence-corrected chi connectivity index (χ3v) is 2.44. The Morgan fingerprint density at radius 1 is 1.47 bits per heavy atom. The molecule has 3 heteroatoms. The van der Waals surface area contributed by atoms with Gasteiger partial charge in [-0.1, -0.05) is 21.9 Å². The average molecular weight is 268 g/mol. The molecule has 0 amide bonds. The zero-order chi connectivity index (χ0) is 11.1. The Hall–Kier alpha value is -0.980. The van der Waals surface area contributed by atoms with E-state index in [1.54, 1.807) is 7.11 Å². The van der Waals surface area contributed by atoms with Crippen LogP contribution in [0.15, 0.2) is 22.7 Å². The molecule has 0 saturated carbocycles. The van der Waals surface area contributed by atoms with Crippen molar-refractivity contribution in [2.75, 3.05) is 13.7 Å². The molecule has 0 aliphatic rings. The van der Waals surface area contributed by atoms with Crippen LogP contribution in [0.5, 0.6) is 5.75 Å². The van der Waals surface area contributed by atoms with E-state index in [1.165, 1.54) is 0 Å². The summed E-state index contributed by atoms with van der Waals surface area (Å²) in [5, 5.41) is 3.23. The van der Waals surface area contributed by atoms with Gasteiger partial charge >= 0.3 is 0 Å². The number of hydrogen-bond donors (Lipinski definition) is 1. The summed E-state index contributed by atoms with van der Waals surface area (Å²) in [7, 11) is 1.68. The smallest absolute Gasteiger partial charge is 0.123 e.